The van der Waals surface area contributed by atoms with Crippen LogP contribution in [0.5, 0.6) is 0 Å². The number of nitrogens with zero attached hydrogens (tertiary/aromatic N) is 1. The minimum atomic E-state index is 0.632. The van der Waals surface area contributed by atoms with Crippen molar-refractivity contribution >= 4 is 11.8 Å². The van der Waals surface area contributed by atoms with Crippen LogP contribution >= 0.6 is 11.8 Å². The largest absolute Gasteiger partial charge is 0.316 e. The molecule has 1 N–H and O–H groups in total. The Balaban J connectivity index is 1.78. The van der Waals surface area contributed by atoms with Gasteiger partial charge in [-0.15, -0.1) is 0 Å². The van der Waals surface area contributed by atoms with Crippen molar-refractivity contribution in [1.82, 2.24) is 10.2 Å². The number of hydrogen-bond acceptors (Lipinski definition) is 3. The maximum absolute atomic E-state index is 3.60. The van der Waals surface area contributed by atoms with Crippen molar-refractivity contribution in [2.24, 2.45) is 5.41 Å². The lowest BCUT2D eigenvalue weighted by atomic mass is 9.74. The molecule has 2 aliphatic heterocycles. The first-order chi connectivity index (χ1) is 7.85. The Morgan fingerprint density at radius 2 is 2.19 bits per heavy atom. The molecular weight excluding hydrogens is 216 g/mol. The predicted octanol–water partition coefficient (Wildman–Crippen LogP) is 2.21. The average molecular weight is 242 g/mol. The number of piperidine rings is 2. The van der Waals surface area contributed by atoms with E-state index < -0.39 is 0 Å². The van der Waals surface area contributed by atoms with Gasteiger partial charge in [0, 0.05) is 25.4 Å². The lowest BCUT2D eigenvalue weighted by Crippen LogP contribution is -2.51. The number of likely N-dealkylation sites (tertiary alicyclic amines) is 1. The minimum Gasteiger partial charge on any atom is -0.316 e. The van der Waals surface area contributed by atoms with Gasteiger partial charge in [-0.1, -0.05) is 6.92 Å². The molecule has 0 aliphatic carbocycles. The van der Waals surface area contributed by atoms with Gasteiger partial charge in [0.15, 0.2) is 0 Å². The summed E-state index contributed by atoms with van der Waals surface area (Å²) in [5, 5.41) is 3.60. The van der Waals surface area contributed by atoms with Gasteiger partial charge >= 0.3 is 0 Å². The molecule has 0 aromatic heterocycles. The van der Waals surface area contributed by atoms with Gasteiger partial charge in [0.1, 0.15) is 0 Å². The van der Waals surface area contributed by atoms with Crippen LogP contribution in [0.2, 0.25) is 0 Å². The summed E-state index contributed by atoms with van der Waals surface area (Å²) in [6.45, 7) is 8.77. The van der Waals surface area contributed by atoms with E-state index in [1.807, 2.05) is 0 Å². The van der Waals surface area contributed by atoms with Gasteiger partial charge < -0.3 is 10.2 Å². The summed E-state index contributed by atoms with van der Waals surface area (Å²) in [5.41, 5.74) is 0.632. The molecule has 0 radical (unpaired) electrons. The van der Waals surface area contributed by atoms with E-state index in [9.17, 15) is 0 Å². The standard InChI is InChI=1S/C13H26N2S/c1-2-16-10-9-15-8-4-6-13(12-15)5-3-7-14-11-13/h14H,2-12H2,1H3. The van der Waals surface area contributed by atoms with Gasteiger partial charge in [-0.2, -0.15) is 11.8 Å². The van der Waals surface area contributed by atoms with E-state index in [1.54, 1.807) is 0 Å². The highest BCUT2D eigenvalue weighted by molar-refractivity contribution is 7.99. The first kappa shape index (κ1) is 12.7. The van der Waals surface area contributed by atoms with E-state index in [0.717, 1.165) is 0 Å². The molecule has 2 rings (SSSR count). The highest BCUT2D eigenvalue weighted by Crippen LogP contribution is 2.35. The zero-order valence-corrected chi connectivity index (χ0v) is 11.5. The molecule has 1 spiro atoms. The molecule has 2 fully saturated rings. The Morgan fingerprint density at radius 3 is 2.94 bits per heavy atom. The van der Waals surface area contributed by atoms with Crippen molar-refractivity contribution in [3.63, 3.8) is 0 Å². The summed E-state index contributed by atoms with van der Waals surface area (Å²) >= 11 is 2.08. The Bertz CT molecular complexity index is 197. The van der Waals surface area contributed by atoms with Gasteiger partial charge in [-0.05, 0) is 49.9 Å². The van der Waals surface area contributed by atoms with E-state index >= 15 is 0 Å². The van der Waals surface area contributed by atoms with Gasteiger partial charge in [-0.3, -0.25) is 0 Å². The molecule has 0 aromatic rings. The fourth-order valence-electron chi connectivity index (χ4n) is 3.22. The number of rotatable bonds is 4. The predicted molar refractivity (Wildman–Crippen MR) is 73.2 cm³/mol. The first-order valence-electron chi connectivity index (χ1n) is 6.85. The van der Waals surface area contributed by atoms with E-state index in [0.29, 0.717) is 5.41 Å². The first-order valence-corrected chi connectivity index (χ1v) is 8.01. The Hall–Kier alpha value is 0.270. The molecule has 2 aliphatic rings. The molecular formula is C13H26N2S. The SMILES string of the molecule is CCSCCN1CCCC2(CCCNC2)C1. The lowest BCUT2D eigenvalue weighted by Gasteiger charge is -2.45. The van der Waals surface area contributed by atoms with E-state index in [-0.39, 0.29) is 0 Å². The Morgan fingerprint density at radius 1 is 1.31 bits per heavy atom. The highest BCUT2D eigenvalue weighted by Gasteiger charge is 2.36. The normalized spacial score (nSPS) is 32.1. The van der Waals surface area contributed by atoms with Gasteiger partial charge in [-0.25, -0.2) is 0 Å². The molecule has 0 saturated carbocycles. The van der Waals surface area contributed by atoms with Crippen molar-refractivity contribution < 1.29 is 0 Å². The fraction of sp³-hybridized carbons (Fsp3) is 1.00. The zero-order chi connectivity index (χ0) is 11.3. The lowest BCUT2D eigenvalue weighted by molar-refractivity contribution is 0.0688. The van der Waals surface area contributed by atoms with Gasteiger partial charge in [0.2, 0.25) is 0 Å². The van der Waals surface area contributed by atoms with Crippen LogP contribution in [0.1, 0.15) is 32.6 Å². The third-order valence-electron chi connectivity index (χ3n) is 4.06. The topological polar surface area (TPSA) is 15.3 Å². The Labute approximate surface area is 105 Å². The monoisotopic (exact) mass is 242 g/mol. The van der Waals surface area contributed by atoms with Crippen LogP contribution in [0.3, 0.4) is 0 Å². The quantitative estimate of drug-likeness (QED) is 0.761. The summed E-state index contributed by atoms with van der Waals surface area (Å²) in [4.78, 5) is 2.71. The molecule has 1 unspecified atom stereocenters. The van der Waals surface area contributed by atoms with Crippen LogP contribution in [0.25, 0.3) is 0 Å². The van der Waals surface area contributed by atoms with Crippen LogP contribution < -0.4 is 5.32 Å². The zero-order valence-electron chi connectivity index (χ0n) is 10.6. The van der Waals surface area contributed by atoms with Crippen LogP contribution in [0.4, 0.5) is 0 Å². The smallest absolute Gasteiger partial charge is 0.00726 e. The molecule has 2 nitrogen and oxygen atoms in total. The molecule has 2 heterocycles. The maximum atomic E-state index is 3.60. The molecule has 1 atom stereocenters. The van der Waals surface area contributed by atoms with E-state index in [2.05, 4.69) is 28.9 Å². The van der Waals surface area contributed by atoms with Crippen molar-refractivity contribution in [1.29, 1.82) is 0 Å². The molecule has 0 aromatic carbocycles. The molecule has 94 valence electrons. The fourth-order valence-corrected chi connectivity index (χ4v) is 3.89. The summed E-state index contributed by atoms with van der Waals surface area (Å²) in [6, 6.07) is 0. The third kappa shape index (κ3) is 3.38. The van der Waals surface area contributed by atoms with Crippen LogP contribution in [0, 0.1) is 5.41 Å². The second kappa shape index (κ2) is 6.27. The average Bonchev–Trinajstić information content (AvgIpc) is 2.31. The van der Waals surface area contributed by atoms with E-state index in [1.165, 1.54) is 69.9 Å². The van der Waals surface area contributed by atoms with Crippen LogP contribution in [0.15, 0.2) is 0 Å². The number of hydrogen-bond donors (Lipinski definition) is 1. The van der Waals surface area contributed by atoms with Crippen LogP contribution in [-0.2, 0) is 0 Å². The molecule has 3 heteroatoms. The number of nitrogens with one attached hydrogen (secondary N) is 1. The van der Waals surface area contributed by atoms with Gasteiger partial charge in [0.25, 0.3) is 0 Å². The molecule has 0 bridgehead atoms. The van der Waals surface area contributed by atoms with Crippen molar-refractivity contribution in [3.05, 3.63) is 0 Å². The van der Waals surface area contributed by atoms with Crippen LogP contribution in [-0.4, -0.2) is 49.1 Å². The molecule has 16 heavy (non-hydrogen) atoms. The number of thioether (sulfide) groups is 1. The maximum Gasteiger partial charge on any atom is 0.00726 e. The van der Waals surface area contributed by atoms with Crippen molar-refractivity contribution in [2.45, 2.75) is 32.6 Å². The summed E-state index contributed by atoms with van der Waals surface area (Å²) in [5.74, 6) is 2.58. The van der Waals surface area contributed by atoms with Crippen molar-refractivity contribution in [3.8, 4) is 0 Å². The highest BCUT2D eigenvalue weighted by atomic mass is 32.2. The summed E-state index contributed by atoms with van der Waals surface area (Å²) in [6.07, 6.45) is 5.71. The molecule has 0 amide bonds. The van der Waals surface area contributed by atoms with Crippen molar-refractivity contribution in [2.75, 3.05) is 44.2 Å². The summed E-state index contributed by atoms with van der Waals surface area (Å²) < 4.78 is 0. The molecule has 2 saturated heterocycles. The minimum absolute atomic E-state index is 0.632. The second-order valence-corrected chi connectivity index (χ2v) is 6.75. The van der Waals surface area contributed by atoms with E-state index in [4.69, 9.17) is 0 Å². The third-order valence-corrected chi connectivity index (χ3v) is 4.94. The van der Waals surface area contributed by atoms with Gasteiger partial charge in [0.05, 0.1) is 0 Å². The second-order valence-electron chi connectivity index (χ2n) is 5.36. The summed E-state index contributed by atoms with van der Waals surface area (Å²) in [7, 11) is 0. The Kier molecular flexibility index (Phi) is 4.98.